The highest BCUT2D eigenvalue weighted by Crippen LogP contribution is 2.12. The number of rotatable bonds is 4. The van der Waals surface area contributed by atoms with Crippen LogP contribution in [0, 0.1) is 5.92 Å². The molecule has 0 radical (unpaired) electrons. The third kappa shape index (κ3) is 3.22. The average molecular weight is 165 g/mol. The van der Waals surface area contributed by atoms with Crippen LogP contribution in [0.25, 0.3) is 0 Å². The smallest absolute Gasteiger partial charge is 0.00444 e. The van der Waals surface area contributed by atoms with E-state index in [4.69, 9.17) is 0 Å². The third-order valence-corrected chi connectivity index (χ3v) is 2.22. The van der Waals surface area contributed by atoms with Gasteiger partial charge in [-0.15, -0.1) is 0 Å². The molecule has 0 bridgehead atoms. The SMILES string of the molecule is CCCN(C)CC1C=CC=CC1. The second-order valence-electron chi connectivity index (χ2n) is 3.57. The summed E-state index contributed by atoms with van der Waals surface area (Å²) in [5.74, 6) is 0.742. The van der Waals surface area contributed by atoms with Gasteiger partial charge in [0.05, 0.1) is 0 Å². The molecule has 0 aromatic heterocycles. The van der Waals surface area contributed by atoms with Crippen LogP contribution in [0.15, 0.2) is 24.3 Å². The quantitative estimate of drug-likeness (QED) is 0.618. The maximum Gasteiger partial charge on any atom is 0.00444 e. The Kier molecular flexibility index (Phi) is 4.09. The molecule has 0 aromatic carbocycles. The molecule has 0 fully saturated rings. The van der Waals surface area contributed by atoms with Crippen LogP contribution >= 0.6 is 0 Å². The van der Waals surface area contributed by atoms with Crippen LogP contribution in [-0.4, -0.2) is 25.0 Å². The van der Waals surface area contributed by atoms with E-state index < -0.39 is 0 Å². The Morgan fingerprint density at radius 3 is 2.83 bits per heavy atom. The Balaban J connectivity index is 2.22. The van der Waals surface area contributed by atoms with Crippen molar-refractivity contribution in [2.75, 3.05) is 20.1 Å². The molecule has 0 heterocycles. The van der Waals surface area contributed by atoms with E-state index in [-0.39, 0.29) is 0 Å². The van der Waals surface area contributed by atoms with Crippen molar-refractivity contribution in [2.45, 2.75) is 19.8 Å². The fourth-order valence-corrected chi connectivity index (χ4v) is 1.64. The first-order valence-corrected chi connectivity index (χ1v) is 4.84. The number of allylic oxidation sites excluding steroid dienone is 3. The highest BCUT2D eigenvalue weighted by molar-refractivity contribution is 5.11. The fourth-order valence-electron chi connectivity index (χ4n) is 1.64. The van der Waals surface area contributed by atoms with Crippen LogP contribution in [-0.2, 0) is 0 Å². The van der Waals surface area contributed by atoms with Crippen LogP contribution in [0.4, 0.5) is 0 Å². The predicted molar refractivity (Wildman–Crippen MR) is 54.2 cm³/mol. The zero-order valence-electron chi connectivity index (χ0n) is 8.16. The van der Waals surface area contributed by atoms with E-state index in [1.54, 1.807) is 0 Å². The van der Waals surface area contributed by atoms with Gasteiger partial charge in [0, 0.05) is 6.54 Å². The van der Waals surface area contributed by atoms with Crippen LogP contribution in [0.2, 0.25) is 0 Å². The molecule has 68 valence electrons. The zero-order valence-corrected chi connectivity index (χ0v) is 8.16. The Hall–Kier alpha value is -0.560. The van der Waals surface area contributed by atoms with Crippen LogP contribution in [0.3, 0.4) is 0 Å². The van der Waals surface area contributed by atoms with Gasteiger partial charge >= 0.3 is 0 Å². The third-order valence-electron chi connectivity index (χ3n) is 2.22. The zero-order chi connectivity index (χ0) is 8.81. The van der Waals surface area contributed by atoms with E-state index in [1.807, 2.05) is 0 Å². The van der Waals surface area contributed by atoms with E-state index in [0.717, 1.165) is 5.92 Å². The Bertz CT molecular complexity index is 170. The van der Waals surface area contributed by atoms with Gasteiger partial charge in [-0.3, -0.25) is 0 Å². The minimum atomic E-state index is 0.742. The van der Waals surface area contributed by atoms with Crippen LogP contribution in [0.1, 0.15) is 19.8 Å². The van der Waals surface area contributed by atoms with Gasteiger partial charge in [-0.2, -0.15) is 0 Å². The minimum Gasteiger partial charge on any atom is -0.306 e. The summed E-state index contributed by atoms with van der Waals surface area (Å²) in [6.07, 6.45) is 11.3. The van der Waals surface area contributed by atoms with Gasteiger partial charge < -0.3 is 4.90 Å². The van der Waals surface area contributed by atoms with Crippen LogP contribution in [0.5, 0.6) is 0 Å². The van der Waals surface area contributed by atoms with Gasteiger partial charge in [0.2, 0.25) is 0 Å². The van der Waals surface area contributed by atoms with E-state index in [9.17, 15) is 0 Å². The number of nitrogens with zero attached hydrogens (tertiary/aromatic N) is 1. The monoisotopic (exact) mass is 165 g/mol. The molecule has 0 saturated heterocycles. The fraction of sp³-hybridized carbons (Fsp3) is 0.636. The summed E-state index contributed by atoms with van der Waals surface area (Å²) in [5, 5.41) is 0. The van der Waals surface area contributed by atoms with E-state index in [0.29, 0.717) is 0 Å². The van der Waals surface area contributed by atoms with Crippen molar-refractivity contribution in [1.29, 1.82) is 0 Å². The van der Waals surface area contributed by atoms with Crippen molar-refractivity contribution in [3.63, 3.8) is 0 Å². The second-order valence-corrected chi connectivity index (χ2v) is 3.57. The van der Waals surface area contributed by atoms with Gasteiger partial charge in [0.25, 0.3) is 0 Å². The van der Waals surface area contributed by atoms with Gasteiger partial charge in [-0.05, 0) is 32.4 Å². The molecule has 0 aromatic rings. The lowest BCUT2D eigenvalue weighted by molar-refractivity contribution is 0.300. The summed E-state index contributed by atoms with van der Waals surface area (Å²) in [7, 11) is 2.20. The van der Waals surface area contributed by atoms with Gasteiger partial charge in [0.1, 0.15) is 0 Å². The lowest BCUT2D eigenvalue weighted by atomic mass is 10.0. The first kappa shape index (κ1) is 9.53. The summed E-state index contributed by atoms with van der Waals surface area (Å²) < 4.78 is 0. The summed E-state index contributed by atoms with van der Waals surface area (Å²) in [6.45, 7) is 4.65. The molecule has 1 nitrogen and oxygen atoms in total. The highest BCUT2D eigenvalue weighted by atomic mass is 15.1. The summed E-state index contributed by atoms with van der Waals surface area (Å²) in [6, 6.07) is 0. The summed E-state index contributed by atoms with van der Waals surface area (Å²) in [5.41, 5.74) is 0. The topological polar surface area (TPSA) is 3.24 Å². The molecule has 1 atom stereocenters. The first-order valence-electron chi connectivity index (χ1n) is 4.84. The van der Waals surface area contributed by atoms with E-state index in [2.05, 4.69) is 43.2 Å². The Morgan fingerprint density at radius 2 is 2.25 bits per heavy atom. The van der Waals surface area contributed by atoms with Crippen molar-refractivity contribution in [3.8, 4) is 0 Å². The molecule has 0 spiro atoms. The second kappa shape index (κ2) is 5.15. The lowest BCUT2D eigenvalue weighted by Gasteiger charge is -2.21. The Labute approximate surface area is 75.8 Å². The number of hydrogen-bond acceptors (Lipinski definition) is 1. The normalized spacial score (nSPS) is 22.1. The molecule has 0 N–H and O–H groups in total. The maximum absolute atomic E-state index is 2.41. The molecule has 1 rings (SSSR count). The van der Waals surface area contributed by atoms with Crippen molar-refractivity contribution in [1.82, 2.24) is 4.90 Å². The number of hydrogen-bond donors (Lipinski definition) is 0. The van der Waals surface area contributed by atoms with E-state index >= 15 is 0 Å². The minimum absolute atomic E-state index is 0.742. The van der Waals surface area contributed by atoms with Crippen LogP contribution < -0.4 is 0 Å². The van der Waals surface area contributed by atoms with Gasteiger partial charge in [-0.1, -0.05) is 31.2 Å². The Morgan fingerprint density at radius 1 is 1.42 bits per heavy atom. The standard InChI is InChI=1S/C11H19N/c1-3-9-12(2)10-11-7-5-4-6-8-11/h4-7,11H,3,8-10H2,1-2H3. The molecule has 0 amide bonds. The molecule has 0 saturated carbocycles. The molecule has 1 aliphatic carbocycles. The molecule has 1 aliphatic rings. The van der Waals surface area contributed by atoms with Crippen molar-refractivity contribution in [2.24, 2.45) is 5.92 Å². The molecule has 1 heteroatoms. The molecule has 1 unspecified atom stereocenters. The molecular formula is C11H19N. The first-order chi connectivity index (χ1) is 5.83. The van der Waals surface area contributed by atoms with Crippen molar-refractivity contribution in [3.05, 3.63) is 24.3 Å². The highest BCUT2D eigenvalue weighted by Gasteiger charge is 2.07. The van der Waals surface area contributed by atoms with Crippen molar-refractivity contribution >= 4 is 0 Å². The van der Waals surface area contributed by atoms with Gasteiger partial charge in [-0.25, -0.2) is 0 Å². The maximum atomic E-state index is 2.41. The van der Waals surface area contributed by atoms with Gasteiger partial charge in [0.15, 0.2) is 0 Å². The lowest BCUT2D eigenvalue weighted by Crippen LogP contribution is -2.25. The average Bonchev–Trinajstić information content (AvgIpc) is 2.06. The predicted octanol–water partition coefficient (Wildman–Crippen LogP) is 2.46. The molecule has 0 aliphatic heterocycles. The largest absolute Gasteiger partial charge is 0.306 e. The van der Waals surface area contributed by atoms with E-state index in [1.165, 1.54) is 25.9 Å². The van der Waals surface area contributed by atoms with Crippen molar-refractivity contribution < 1.29 is 0 Å². The summed E-state index contributed by atoms with van der Waals surface area (Å²) >= 11 is 0. The molecule has 12 heavy (non-hydrogen) atoms. The molecular weight excluding hydrogens is 146 g/mol. The summed E-state index contributed by atoms with van der Waals surface area (Å²) in [4.78, 5) is 2.41.